The zero-order valence-corrected chi connectivity index (χ0v) is 88.0. The molecular weight excluding hydrogens is 1850 g/mol. The van der Waals surface area contributed by atoms with Crippen LogP contribution in [-0.2, 0) is 32.5 Å². The molecule has 6 aliphatic carbocycles. The summed E-state index contributed by atoms with van der Waals surface area (Å²) < 4.78 is 11.9. The van der Waals surface area contributed by atoms with Crippen molar-refractivity contribution in [2.24, 2.45) is 0 Å². The van der Waals surface area contributed by atoms with Crippen LogP contribution in [0.25, 0.3) is 162 Å². The minimum absolute atomic E-state index is 0.0906. The number of para-hydroxylation sites is 3. The van der Waals surface area contributed by atoms with Gasteiger partial charge in [-0.1, -0.05) is 447 Å². The highest BCUT2D eigenvalue weighted by atomic mass is 32.1. The summed E-state index contributed by atoms with van der Waals surface area (Å²) in [6.45, 7) is 28.4. The summed E-state index contributed by atoms with van der Waals surface area (Å²) in [7, 11) is 0. The Bertz CT molecular complexity index is 9440. The van der Waals surface area contributed by atoms with Crippen LogP contribution >= 0.6 is 22.7 Å². The van der Waals surface area contributed by atoms with Crippen LogP contribution < -0.4 is 14.7 Å². The normalized spacial score (nSPS) is 14.7. The van der Waals surface area contributed by atoms with Crippen molar-refractivity contribution in [2.45, 2.75) is 116 Å². The first-order valence-corrected chi connectivity index (χ1v) is 54.5. The van der Waals surface area contributed by atoms with E-state index in [2.05, 4.69) is 547 Å². The molecule has 0 spiro atoms. The number of hydrogen-bond donors (Lipinski definition) is 0. The molecule has 6 aliphatic rings. The first kappa shape index (κ1) is 90.8. The molecule has 0 radical (unpaired) electrons. The summed E-state index contributed by atoms with van der Waals surface area (Å²) in [4.78, 5) is 7.66. The lowest BCUT2D eigenvalue weighted by atomic mass is 9.82. The number of hydrogen-bond acceptors (Lipinski definition) is 6. The summed E-state index contributed by atoms with van der Waals surface area (Å²) in [5.41, 5.74) is 51.5. The Morgan fingerprint density at radius 3 is 0.913 bits per heavy atom. The Morgan fingerprint density at radius 2 is 0.473 bits per heavy atom. The number of benzene rings is 21. The van der Waals surface area contributed by atoms with E-state index in [4.69, 9.17) is 4.42 Å². The maximum Gasteiger partial charge on any atom is 0.143 e. The molecule has 4 nitrogen and oxygen atoms in total. The van der Waals surface area contributed by atoms with Crippen molar-refractivity contribution in [3.8, 4) is 100 Å². The van der Waals surface area contributed by atoms with E-state index >= 15 is 0 Å². The topological polar surface area (TPSA) is 22.9 Å². The van der Waals surface area contributed by atoms with Gasteiger partial charge in [-0.3, -0.25) is 0 Å². The Morgan fingerprint density at radius 1 is 0.180 bits per heavy atom. The Kier molecular flexibility index (Phi) is 20.5. The number of furan rings is 1. The van der Waals surface area contributed by atoms with Gasteiger partial charge >= 0.3 is 0 Å². The molecule has 0 N–H and O–H groups in total. The van der Waals surface area contributed by atoms with Gasteiger partial charge in [0.15, 0.2) is 0 Å². The fraction of sp³-hybridized carbons (Fsp3) is 0.125. The first-order chi connectivity index (χ1) is 73.0. The van der Waals surface area contributed by atoms with Crippen LogP contribution in [-0.4, -0.2) is 0 Å². The van der Waals surface area contributed by atoms with Gasteiger partial charge < -0.3 is 19.1 Å². The molecule has 3 aromatic heterocycles. The molecule has 0 bridgehead atoms. The van der Waals surface area contributed by atoms with E-state index in [-0.39, 0.29) is 32.5 Å². The van der Waals surface area contributed by atoms with Gasteiger partial charge in [-0.25, -0.2) is 0 Å². The molecule has 0 aliphatic heterocycles. The molecular formula is C144H111N3OS2. The predicted octanol–water partition coefficient (Wildman–Crippen LogP) is 40.9. The molecule has 21 aromatic carbocycles. The number of thiophene rings is 2. The first-order valence-electron chi connectivity index (χ1n) is 52.8. The minimum atomic E-state index is -0.111. The monoisotopic (exact) mass is 1960 g/mol. The molecule has 720 valence electrons. The van der Waals surface area contributed by atoms with Crippen molar-refractivity contribution in [2.75, 3.05) is 14.7 Å². The SMILES string of the molecule is CC1(C)c2ccccc2-c2c(N(c3ccc(-c4cccc5sc6ccccc6c45)cc3)c3cccc4c3-c3ccccc3C4(C)C)cccc21.CC1(C)c2ccccc2-c2c(N(c3cccc(-c4cccc5c4oc4ccccc45)c3)c3cccc4c3-c3ccccc3C4(C)C)cccc21.CC1(C)c2ccccc2-c2c(N(c3ccccc3-c3cccc4c3sc3ccccc34)c3cccc4c3-c3ccccc3C4(C)C)cccc21. The lowest BCUT2D eigenvalue weighted by Crippen LogP contribution is -2.17. The van der Waals surface area contributed by atoms with Gasteiger partial charge in [-0.15, -0.1) is 22.7 Å². The molecule has 30 rings (SSSR count). The van der Waals surface area contributed by atoms with E-state index in [9.17, 15) is 0 Å². The van der Waals surface area contributed by atoms with Crippen LogP contribution in [0.3, 0.4) is 0 Å². The van der Waals surface area contributed by atoms with Gasteiger partial charge in [-0.05, 0) is 208 Å². The molecule has 0 saturated heterocycles. The highest BCUT2D eigenvalue weighted by Gasteiger charge is 2.47. The molecule has 150 heavy (non-hydrogen) atoms. The third kappa shape index (κ3) is 13.4. The lowest BCUT2D eigenvalue weighted by Gasteiger charge is -2.32. The van der Waals surface area contributed by atoms with Crippen molar-refractivity contribution >= 4 is 136 Å². The number of anilines is 9. The van der Waals surface area contributed by atoms with Gasteiger partial charge in [0.25, 0.3) is 0 Å². The third-order valence-electron chi connectivity index (χ3n) is 34.5. The van der Waals surface area contributed by atoms with E-state index in [0.29, 0.717) is 0 Å². The van der Waals surface area contributed by atoms with Gasteiger partial charge in [0.1, 0.15) is 11.2 Å². The predicted molar refractivity (Wildman–Crippen MR) is 638 cm³/mol. The highest BCUT2D eigenvalue weighted by Crippen LogP contribution is 2.65. The standard InChI is InChI=1S/C48H37NO.2C48H37NS/c1-47(2)37-22-8-5-18-35(37)44-39(47)24-13-26-41(44)49(42-27-14-25-40-45(42)36-19-6-9-23-38(36)48(40,3)4)31-16-11-15-30(29-31)32-20-12-21-34-33-17-7-10-28-43(33)50-46(32)34;1-47(2)36-22-9-5-18-34(36)44-38(47)24-14-27-41(44)49(42-28-15-25-39-45(42)35-19-6-10-23-37(35)48(39,3)4)40-26-11-7-16-30(40)32-20-13-21-33-31-17-8-12-29-43(31)50-46(32)33;1-47(2)36-18-8-5-14-33(36)45-38(47)20-12-22-40(45)49(41-23-13-21-39-46(41)34-15-6-9-19-37(34)48(39,3)4)31-28-26-30(27-29-31)32-17-11-25-43-44(32)35-16-7-10-24-42(35)50-43/h3*5-29H,1-4H3. The Balaban J connectivity index is 0.000000108. The van der Waals surface area contributed by atoms with Crippen molar-refractivity contribution < 1.29 is 4.42 Å². The van der Waals surface area contributed by atoms with Crippen molar-refractivity contribution in [3.05, 3.63) is 522 Å². The number of nitrogens with zero attached hydrogens (tertiary/aromatic N) is 3. The molecule has 24 aromatic rings. The van der Waals surface area contributed by atoms with Gasteiger partial charge in [0.05, 0.1) is 39.8 Å². The second-order valence-corrected chi connectivity index (χ2v) is 46.8. The van der Waals surface area contributed by atoms with Crippen molar-refractivity contribution in [3.63, 3.8) is 0 Å². The average Bonchev–Trinajstić information content (AvgIpc) is 1.54. The second-order valence-electron chi connectivity index (χ2n) is 44.7. The van der Waals surface area contributed by atoms with Gasteiger partial charge in [0, 0.05) is 145 Å². The smallest absolute Gasteiger partial charge is 0.143 e. The van der Waals surface area contributed by atoms with Crippen LogP contribution in [0.1, 0.15) is 150 Å². The second kappa shape index (κ2) is 33.9. The number of rotatable bonds is 12. The molecule has 0 unspecified atom stereocenters. The lowest BCUT2D eigenvalue weighted by molar-refractivity contribution is 0.660. The minimum Gasteiger partial charge on any atom is -0.455 e. The van der Waals surface area contributed by atoms with Gasteiger partial charge in [-0.2, -0.15) is 0 Å². The maximum absolute atomic E-state index is 6.54. The fourth-order valence-electron chi connectivity index (χ4n) is 27.2. The van der Waals surface area contributed by atoms with E-state index in [1.165, 1.54) is 236 Å². The van der Waals surface area contributed by atoms with E-state index in [1.54, 1.807) is 0 Å². The molecule has 3 heterocycles. The fourth-order valence-corrected chi connectivity index (χ4v) is 29.5. The van der Waals surface area contributed by atoms with E-state index in [1.807, 2.05) is 28.7 Å². The largest absolute Gasteiger partial charge is 0.455 e. The van der Waals surface area contributed by atoms with Crippen LogP contribution in [0.4, 0.5) is 51.2 Å². The van der Waals surface area contributed by atoms with Crippen LogP contribution in [0.2, 0.25) is 0 Å². The zero-order chi connectivity index (χ0) is 101. The van der Waals surface area contributed by atoms with Crippen LogP contribution in [0.5, 0.6) is 0 Å². The van der Waals surface area contributed by atoms with Gasteiger partial charge in [0.2, 0.25) is 0 Å². The van der Waals surface area contributed by atoms with Crippen LogP contribution in [0, 0.1) is 0 Å². The Hall–Kier alpha value is -16.7. The molecule has 0 amide bonds. The quantitative estimate of drug-likeness (QED) is 0.122. The van der Waals surface area contributed by atoms with Crippen molar-refractivity contribution in [1.82, 2.24) is 0 Å². The highest BCUT2D eigenvalue weighted by molar-refractivity contribution is 7.26. The maximum atomic E-state index is 6.54. The summed E-state index contributed by atoms with van der Waals surface area (Å²) >= 11 is 3.77. The number of fused-ring (bicyclic) bond motifs is 27. The molecule has 0 saturated carbocycles. The Labute approximate surface area is 885 Å². The molecule has 6 heteroatoms. The summed E-state index contributed by atoms with van der Waals surface area (Å²) in [5.74, 6) is 0. The van der Waals surface area contributed by atoms with Crippen LogP contribution in [0.15, 0.2) is 459 Å². The zero-order valence-electron chi connectivity index (χ0n) is 86.4. The van der Waals surface area contributed by atoms with Crippen molar-refractivity contribution in [1.29, 1.82) is 0 Å². The average molecular weight is 1960 g/mol. The summed E-state index contributed by atoms with van der Waals surface area (Å²) in [5, 5.41) is 7.59. The third-order valence-corrected chi connectivity index (χ3v) is 36.8. The molecule has 0 atom stereocenters. The van der Waals surface area contributed by atoms with E-state index in [0.717, 1.165) is 44.4 Å². The summed E-state index contributed by atoms with van der Waals surface area (Å²) in [6.07, 6.45) is 0. The summed E-state index contributed by atoms with van der Waals surface area (Å²) in [6, 6.07) is 169. The van der Waals surface area contributed by atoms with E-state index < -0.39 is 0 Å². The molecule has 0 fully saturated rings.